The van der Waals surface area contributed by atoms with Crippen LogP contribution in [0.3, 0.4) is 0 Å². The summed E-state index contributed by atoms with van der Waals surface area (Å²) in [6, 6.07) is 0. The van der Waals surface area contributed by atoms with Crippen molar-refractivity contribution in [3.05, 3.63) is 11.6 Å². The maximum absolute atomic E-state index is 13.2. The predicted molar refractivity (Wildman–Crippen MR) is 97.6 cm³/mol. The fourth-order valence-corrected chi connectivity index (χ4v) is 5.55. The summed E-state index contributed by atoms with van der Waals surface area (Å²) in [7, 11) is 1.62. The molecule has 3 rings (SSSR count). The second kappa shape index (κ2) is 7.04. The summed E-state index contributed by atoms with van der Waals surface area (Å²) < 4.78 is 17.3. The third kappa shape index (κ3) is 2.93. The van der Waals surface area contributed by atoms with Crippen LogP contribution in [0.15, 0.2) is 11.6 Å². The molecule has 0 aromatic rings. The first-order chi connectivity index (χ1) is 12.7. The molecule has 0 aromatic heterocycles. The normalized spacial score (nSPS) is 44.4. The first-order valence-corrected chi connectivity index (χ1v) is 9.77. The van der Waals surface area contributed by atoms with Gasteiger partial charge in [0.25, 0.3) is 0 Å². The number of methoxy groups -OCH3 is 1. The molecule has 6 nitrogen and oxygen atoms in total. The third-order valence-corrected chi connectivity index (χ3v) is 7.18. The van der Waals surface area contributed by atoms with E-state index in [4.69, 9.17) is 14.2 Å². The fourth-order valence-electron chi connectivity index (χ4n) is 5.55. The Morgan fingerprint density at radius 3 is 2.56 bits per heavy atom. The number of hydrogen-bond donors (Lipinski definition) is 0. The molecule has 0 bridgehead atoms. The van der Waals surface area contributed by atoms with Gasteiger partial charge in [-0.1, -0.05) is 19.9 Å². The first kappa shape index (κ1) is 20.1. The Morgan fingerprint density at radius 1 is 1.30 bits per heavy atom. The average Bonchev–Trinajstić information content (AvgIpc) is 3.02. The van der Waals surface area contributed by atoms with Gasteiger partial charge in [0, 0.05) is 30.9 Å². The van der Waals surface area contributed by atoms with Crippen LogP contribution in [-0.4, -0.2) is 43.1 Å². The highest BCUT2D eigenvalue weighted by Crippen LogP contribution is 2.57. The van der Waals surface area contributed by atoms with Crippen LogP contribution in [0.25, 0.3) is 0 Å². The highest BCUT2D eigenvalue weighted by atomic mass is 16.6. The zero-order valence-electron chi connectivity index (χ0n) is 17.0. The van der Waals surface area contributed by atoms with Crippen molar-refractivity contribution in [3.63, 3.8) is 0 Å². The maximum Gasteiger partial charge on any atom is 0.333 e. The van der Waals surface area contributed by atoms with E-state index in [1.807, 2.05) is 6.92 Å². The molecule has 3 fully saturated rings. The zero-order valence-corrected chi connectivity index (χ0v) is 17.0. The lowest BCUT2D eigenvalue weighted by Gasteiger charge is -2.41. The van der Waals surface area contributed by atoms with Gasteiger partial charge in [-0.3, -0.25) is 9.59 Å². The van der Waals surface area contributed by atoms with Crippen LogP contribution in [-0.2, 0) is 28.6 Å². The van der Waals surface area contributed by atoms with E-state index in [-0.39, 0.29) is 41.7 Å². The van der Waals surface area contributed by atoms with E-state index in [1.165, 1.54) is 0 Å². The Balaban J connectivity index is 2.11. The predicted octanol–water partition coefficient (Wildman–Crippen LogP) is 2.69. The number of carbonyl (C=O) groups is 3. The molecule has 0 amide bonds. The van der Waals surface area contributed by atoms with E-state index in [0.717, 1.165) is 0 Å². The number of allylic oxidation sites excluding steroid dienone is 1. The minimum atomic E-state index is -0.897. The quantitative estimate of drug-likeness (QED) is 0.555. The number of esters is 2. The number of rotatable bonds is 3. The van der Waals surface area contributed by atoms with Gasteiger partial charge in [-0.2, -0.15) is 0 Å². The second-order valence-corrected chi connectivity index (χ2v) is 8.56. The van der Waals surface area contributed by atoms with Gasteiger partial charge in [0.2, 0.25) is 0 Å². The molecule has 6 heteroatoms. The van der Waals surface area contributed by atoms with E-state index in [2.05, 4.69) is 6.92 Å². The number of ketones is 1. The van der Waals surface area contributed by atoms with Crippen molar-refractivity contribution in [2.24, 2.45) is 29.1 Å². The Morgan fingerprint density at radius 2 is 1.96 bits per heavy atom. The average molecular weight is 378 g/mol. The molecule has 3 aliphatic rings. The molecule has 2 saturated carbocycles. The SMILES string of the molecule is C/C=C(/C)C(=O)O[C@H]1[C@@H]2[C@H](C)C(=O)O[C@@H]2C[C@@H](C)[C@@H]2[C@H](OC)CC(=O)[C@]21C. The van der Waals surface area contributed by atoms with Crippen molar-refractivity contribution in [1.29, 1.82) is 0 Å². The van der Waals surface area contributed by atoms with Crippen LogP contribution in [0.2, 0.25) is 0 Å². The molecule has 0 spiro atoms. The Labute approximate surface area is 160 Å². The van der Waals surface area contributed by atoms with Crippen molar-refractivity contribution < 1.29 is 28.6 Å². The lowest BCUT2D eigenvalue weighted by molar-refractivity contribution is -0.165. The topological polar surface area (TPSA) is 78.9 Å². The largest absolute Gasteiger partial charge is 0.462 e. The summed E-state index contributed by atoms with van der Waals surface area (Å²) in [5.41, 5.74) is -0.415. The van der Waals surface area contributed by atoms with Gasteiger partial charge in [-0.05, 0) is 33.1 Å². The molecular formula is C21H30O6. The molecule has 0 unspecified atom stereocenters. The van der Waals surface area contributed by atoms with Crippen LogP contribution in [0.4, 0.5) is 0 Å². The van der Waals surface area contributed by atoms with E-state index in [1.54, 1.807) is 34.0 Å². The molecule has 1 aliphatic heterocycles. The Bertz CT molecular complexity index is 682. The molecule has 2 aliphatic carbocycles. The molecule has 1 heterocycles. The number of ether oxygens (including phenoxy) is 3. The Hall–Kier alpha value is -1.69. The van der Waals surface area contributed by atoms with Crippen LogP contribution in [0.5, 0.6) is 0 Å². The number of Topliss-reactive ketones (excluding diaryl/α,β-unsaturated/α-hetero) is 1. The third-order valence-electron chi connectivity index (χ3n) is 7.18. The van der Waals surface area contributed by atoms with Gasteiger partial charge in [0.15, 0.2) is 0 Å². The summed E-state index contributed by atoms with van der Waals surface area (Å²) in [6.07, 6.45) is 1.36. The van der Waals surface area contributed by atoms with Crippen molar-refractivity contribution in [1.82, 2.24) is 0 Å². The second-order valence-electron chi connectivity index (χ2n) is 8.56. The van der Waals surface area contributed by atoms with E-state index < -0.39 is 23.4 Å². The summed E-state index contributed by atoms with van der Waals surface area (Å²) in [5, 5.41) is 0. The minimum Gasteiger partial charge on any atom is -0.462 e. The van der Waals surface area contributed by atoms with Crippen LogP contribution in [0, 0.1) is 29.1 Å². The summed E-state index contributed by atoms with van der Waals surface area (Å²) in [5.74, 6) is -1.43. The number of fused-ring (bicyclic) bond motifs is 2. The summed E-state index contributed by atoms with van der Waals surface area (Å²) >= 11 is 0. The van der Waals surface area contributed by atoms with E-state index in [0.29, 0.717) is 18.4 Å². The number of hydrogen-bond acceptors (Lipinski definition) is 6. The molecule has 0 aromatic carbocycles. The summed E-state index contributed by atoms with van der Waals surface area (Å²) in [4.78, 5) is 38.1. The highest BCUT2D eigenvalue weighted by molar-refractivity contribution is 5.91. The Kier molecular flexibility index (Phi) is 5.23. The first-order valence-electron chi connectivity index (χ1n) is 9.77. The maximum atomic E-state index is 13.2. The highest BCUT2D eigenvalue weighted by Gasteiger charge is 2.66. The fraction of sp³-hybridized carbons (Fsp3) is 0.762. The van der Waals surface area contributed by atoms with Crippen molar-refractivity contribution in [2.75, 3.05) is 7.11 Å². The van der Waals surface area contributed by atoms with Gasteiger partial charge >= 0.3 is 11.9 Å². The van der Waals surface area contributed by atoms with Gasteiger partial charge in [-0.25, -0.2) is 4.79 Å². The van der Waals surface area contributed by atoms with E-state index in [9.17, 15) is 14.4 Å². The molecule has 27 heavy (non-hydrogen) atoms. The monoisotopic (exact) mass is 378 g/mol. The van der Waals surface area contributed by atoms with Crippen molar-refractivity contribution >= 4 is 17.7 Å². The molecule has 8 atom stereocenters. The molecular weight excluding hydrogens is 348 g/mol. The van der Waals surface area contributed by atoms with Gasteiger partial charge in [0.05, 0.1) is 17.4 Å². The number of carbonyl (C=O) groups excluding carboxylic acids is 3. The van der Waals surface area contributed by atoms with Crippen LogP contribution < -0.4 is 0 Å². The minimum absolute atomic E-state index is 0.0364. The molecule has 0 radical (unpaired) electrons. The van der Waals surface area contributed by atoms with Crippen molar-refractivity contribution in [2.45, 2.75) is 65.8 Å². The van der Waals surface area contributed by atoms with Gasteiger partial charge in [0.1, 0.15) is 18.0 Å². The smallest absolute Gasteiger partial charge is 0.333 e. The van der Waals surface area contributed by atoms with Gasteiger partial charge < -0.3 is 14.2 Å². The van der Waals surface area contributed by atoms with Crippen LogP contribution >= 0.6 is 0 Å². The molecule has 150 valence electrons. The lowest BCUT2D eigenvalue weighted by Crippen LogP contribution is -2.51. The molecule has 0 N–H and O–H groups in total. The van der Waals surface area contributed by atoms with E-state index >= 15 is 0 Å². The van der Waals surface area contributed by atoms with Gasteiger partial charge in [-0.15, -0.1) is 0 Å². The summed E-state index contributed by atoms with van der Waals surface area (Å²) in [6.45, 7) is 9.22. The lowest BCUT2D eigenvalue weighted by atomic mass is 9.66. The van der Waals surface area contributed by atoms with Crippen molar-refractivity contribution in [3.8, 4) is 0 Å². The molecule has 1 saturated heterocycles. The standard InChI is InChI=1S/C21H30O6/c1-7-10(2)19(23)27-18-16-12(4)20(24)26-13(16)8-11(3)17-14(25-6)9-15(22)21(17,18)5/h7,11-14,16-18H,8-9H2,1-6H3/b10-7-/t11-,12+,13-,14-,16-,17-,18+,21-/m1/s1. The van der Waals surface area contributed by atoms with Crippen LogP contribution in [0.1, 0.15) is 47.5 Å². The zero-order chi connectivity index (χ0) is 20.1.